The van der Waals surface area contributed by atoms with Crippen LogP contribution in [0.25, 0.3) is 0 Å². The molecular weight excluding hydrogens is 288 g/mol. The summed E-state index contributed by atoms with van der Waals surface area (Å²) in [6.45, 7) is 2.82. The van der Waals surface area contributed by atoms with Crippen LogP contribution >= 0.6 is 12.4 Å². The third-order valence-electron chi connectivity index (χ3n) is 3.97. The summed E-state index contributed by atoms with van der Waals surface area (Å²) in [4.78, 5) is 14.5. The third-order valence-corrected chi connectivity index (χ3v) is 3.97. The Labute approximate surface area is 133 Å². The second kappa shape index (κ2) is 8.25. The maximum absolute atomic E-state index is 12.5. The van der Waals surface area contributed by atoms with Crippen LogP contribution in [-0.2, 0) is 11.2 Å². The lowest BCUT2D eigenvalue weighted by atomic mass is 9.96. The van der Waals surface area contributed by atoms with Crippen LogP contribution in [0.3, 0.4) is 0 Å². The molecule has 2 rings (SSSR count). The highest BCUT2D eigenvalue weighted by Gasteiger charge is 2.28. The number of nitrogens with two attached hydrogens (primary N) is 1. The van der Waals surface area contributed by atoms with E-state index in [0.29, 0.717) is 6.42 Å². The van der Waals surface area contributed by atoms with Crippen molar-refractivity contribution in [3.8, 4) is 5.75 Å². The number of carbonyl (C=O) groups excluding carboxylic acids is 1. The average molecular weight is 313 g/mol. The van der Waals surface area contributed by atoms with Crippen LogP contribution < -0.4 is 10.5 Å². The summed E-state index contributed by atoms with van der Waals surface area (Å²) in [5.41, 5.74) is 7.01. The van der Waals surface area contributed by atoms with Gasteiger partial charge in [-0.1, -0.05) is 12.1 Å². The van der Waals surface area contributed by atoms with Gasteiger partial charge in [0.15, 0.2) is 0 Å². The molecule has 1 fully saturated rings. The molecule has 0 radical (unpaired) electrons. The van der Waals surface area contributed by atoms with Crippen LogP contribution in [0.4, 0.5) is 0 Å². The number of piperidine rings is 1. The van der Waals surface area contributed by atoms with Crippen LogP contribution in [0.2, 0.25) is 0 Å². The molecule has 1 aromatic rings. The molecule has 0 bridgehead atoms. The molecule has 1 aromatic carbocycles. The van der Waals surface area contributed by atoms with Gasteiger partial charge in [0.25, 0.3) is 0 Å². The van der Waals surface area contributed by atoms with Gasteiger partial charge >= 0.3 is 0 Å². The molecule has 1 heterocycles. The minimum atomic E-state index is 0. The molecule has 0 spiro atoms. The molecule has 118 valence electrons. The Bertz CT molecular complexity index is 465. The molecule has 1 aliphatic heterocycles. The van der Waals surface area contributed by atoms with Crippen molar-refractivity contribution in [2.24, 2.45) is 5.73 Å². The van der Waals surface area contributed by atoms with Crippen LogP contribution in [0.15, 0.2) is 24.3 Å². The predicted octanol–water partition coefficient (Wildman–Crippen LogP) is 2.39. The number of ether oxygens (including phenoxy) is 1. The zero-order chi connectivity index (χ0) is 14.5. The summed E-state index contributed by atoms with van der Waals surface area (Å²) in [7, 11) is 1.64. The van der Waals surface area contributed by atoms with Crippen LogP contribution in [0, 0.1) is 0 Å². The standard InChI is InChI=1S/C16H24N2O2.ClH/c1-12(17)15-8-3-4-9-18(15)16(19)11-13-6-5-7-14(10-13)20-2;/h5-7,10,12,15H,3-4,8-9,11,17H2,1-2H3;1H. The molecule has 1 saturated heterocycles. The van der Waals surface area contributed by atoms with Crippen molar-refractivity contribution in [2.45, 2.75) is 44.7 Å². The van der Waals surface area contributed by atoms with Gasteiger partial charge in [0, 0.05) is 18.6 Å². The third kappa shape index (κ3) is 4.61. The minimum absolute atomic E-state index is 0. The molecule has 0 aliphatic carbocycles. The number of amides is 1. The number of methoxy groups -OCH3 is 1. The number of carbonyl (C=O) groups is 1. The van der Waals surface area contributed by atoms with Crippen molar-refractivity contribution in [1.82, 2.24) is 4.90 Å². The SMILES string of the molecule is COc1cccc(CC(=O)N2CCCCC2C(C)N)c1.Cl. The predicted molar refractivity (Wildman–Crippen MR) is 86.9 cm³/mol. The fraction of sp³-hybridized carbons (Fsp3) is 0.562. The summed E-state index contributed by atoms with van der Waals surface area (Å²) < 4.78 is 5.20. The lowest BCUT2D eigenvalue weighted by Gasteiger charge is -2.38. The quantitative estimate of drug-likeness (QED) is 0.928. The summed E-state index contributed by atoms with van der Waals surface area (Å²) >= 11 is 0. The normalized spacial score (nSPS) is 19.6. The first-order valence-electron chi connectivity index (χ1n) is 7.30. The molecule has 2 N–H and O–H groups in total. The first kappa shape index (κ1) is 17.8. The van der Waals surface area contributed by atoms with Gasteiger partial charge in [0.05, 0.1) is 13.5 Å². The highest BCUT2D eigenvalue weighted by Crippen LogP contribution is 2.21. The molecule has 0 aromatic heterocycles. The monoisotopic (exact) mass is 312 g/mol. The summed E-state index contributed by atoms with van der Waals surface area (Å²) in [6, 6.07) is 7.90. The zero-order valence-electron chi connectivity index (χ0n) is 12.7. The van der Waals surface area contributed by atoms with Gasteiger partial charge in [0.2, 0.25) is 5.91 Å². The van der Waals surface area contributed by atoms with E-state index in [0.717, 1.165) is 37.1 Å². The van der Waals surface area contributed by atoms with E-state index in [1.807, 2.05) is 36.1 Å². The Morgan fingerprint density at radius 2 is 2.24 bits per heavy atom. The van der Waals surface area contributed by atoms with Crippen molar-refractivity contribution in [2.75, 3.05) is 13.7 Å². The van der Waals surface area contributed by atoms with Crippen molar-refractivity contribution < 1.29 is 9.53 Å². The minimum Gasteiger partial charge on any atom is -0.497 e. The van der Waals surface area contributed by atoms with Gasteiger partial charge in [0.1, 0.15) is 5.75 Å². The Hall–Kier alpha value is -1.26. The molecule has 1 amide bonds. The summed E-state index contributed by atoms with van der Waals surface area (Å²) in [5.74, 6) is 0.956. The lowest BCUT2D eigenvalue weighted by molar-refractivity contribution is -0.134. The van der Waals surface area contributed by atoms with E-state index in [1.54, 1.807) is 7.11 Å². The molecule has 1 aliphatic rings. The van der Waals surface area contributed by atoms with Crippen LogP contribution in [0.5, 0.6) is 5.75 Å². The highest BCUT2D eigenvalue weighted by molar-refractivity contribution is 5.85. The number of rotatable bonds is 4. The van der Waals surface area contributed by atoms with Crippen molar-refractivity contribution in [3.63, 3.8) is 0 Å². The number of likely N-dealkylation sites (tertiary alicyclic amines) is 1. The van der Waals surface area contributed by atoms with Crippen molar-refractivity contribution in [3.05, 3.63) is 29.8 Å². The van der Waals surface area contributed by atoms with Gasteiger partial charge < -0.3 is 15.4 Å². The first-order valence-corrected chi connectivity index (χ1v) is 7.30. The Kier molecular flexibility index (Phi) is 6.99. The first-order chi connectivity index (χ1) is 9.61. The number of benzene rings is 1. The van der Waals surface area contributed by atoms with Gasteiger partial charge in [-0.25, -0.2) is 0 Å². The number of halogens is 1. The lowest BCUT2D eigenvalue weighted by Crippen LogP contribution is -2.52. The molecule has 5 heteroatoms. The van der Waals surface area contributed by atoms with Gasteiger partial charge in [-0.3, -0.25) is 4.79 Å². The highest BCUT2D eigenvalue weighted by atomic mass is 35.5. The molecule has 4 nitrogen and oxygen atoms in total. The number of hydrogen-bond donors (Lipinski definition) is 1. The maximum Gasteiger partial charge on any atom is 0.227 e. The van der Waals surface area contributed by atoms with E-state index in [9.17, 15) is 4.79 Å². The largest absolute Gasteiger partial charge is 0.497 e. The second-order valence-electron chi connectivity index (χ2n) is 5.54. The molecular formula is C16H25ClN2O2. The smallest absolute Gasteiger partial charge is 0.227 e. The van der Waals surface area contributed by atoms with E-state index < -0.39 is 0 Å². The van der Waals surface area contributed by atoms with Gasteiger partial charge in [-0.15, -0.1) is 12.4 Å². The molecule has 0 saturated carbocycles. The fourth-order valence-corrected chi connectivity index (χ4v) is 2.87. The Balaban J connectivity index is 0.00000220. The Morgan fingerprint density at radius 1 is 1.48 bits per heavy atom. The average Bonchev–Trinajstić information content (AvgIpc) is 2.47. The summed E-state index contributed by atoms with van der Waals surface area (Å²) in [5, 5.41) is 0. The van der Waals surface area contributed by atoms with E-state index in [2.05, 4.69) is 0 Å². The molecule has 21 heavy (non-hydrogen) atoms. The Morgan fingerprint density at radius 3 is 2.90 bits per heavy atom. The summed E-state index contributed by atoms with van der Waals surface area (Å²) in [6.07, 6.45) is 3.67. The molecule has 2 unspecified atom stereocenters. The topological polar surface area (TPSA) is 55.6 Å². The molecule has 2 atom stereocenters. The number of hydrogen-bond acceptors (Lipinski definition) is 3. The van der Waals surface area contributed by atoms with Gasteiger partial charge in [-0.05, 0) is 43.9 Å². The fourth-order valence-electron chi connectivity index (χ4n) is 2.87. The van der Waals surface area contributed by atoms with Gasteiger partial charge in [-0.2, -0.15) is 0 Å². The van der Waals surface area contributed by atoms with Crippen molar-refractivity contribution >= 4 is 18.3 Å². The van der Waals surface area contributed by atoms with Crippen molar-refractivity contribution in [1.29, 1.82) is 0 Å². The van der Waals surface area contributed by atoms with Crippen LogP contribution in [-0.4, -0.2) is 36.5 Å². The second-order valence-corrected chi connectivity index (χ2v) is 5.54. The van der Waals surface area contributed by atoms with Crippen LogP contribution in [0.1, 0.15) is 31.7 Å². The number of nitrogens with zero attached hydrogens (tertiary/aromatic N) is 1. The zero-order valence-corrected chi connectivity index (χ0v) is 13.6. The van der Waals surface area contributed by atoms with E-state index in [4.69, 9.17) is 10.5 Å². The van der Waals surface area contributed by atoms with E-state index in [1.165, 1.54) is 0 Å². The van der Waals surface area contributed by atoms with E-state index in [-0.39, 0.29) is 30.4 Å². The maximum atomic E-state index is 12.5. The van der Waals surface area contributed by atoms with E-state index >= 15 is 0 Å².